The topological polar surface area (TPSA) is 103 Å². The van der Waals surface area contributed by atoms with Gasteiger partial charge in [0.2, 0.25) is 11.8 Å². The number of esters is 1. The Balaban J connectivity index is 1.68. The van der Waals surface area contributed by atoms with Crippen LogP contribution in [0.4, 0.5) is 5.69 Å². The monoisotopic (exact) mass is 461 g/mol. The Morgan fingerprint density at radius 1 is 1.18 bits per heavy atom. The summed E-state index contributed by atoms with van der Waals surface area (Å²) in [6.45, 7) is 3.94. The Morgan fingerprint density at radius 3 is 2.71 bits per heavy atom. The van der Waals surface area contributed by atoms with E-state index >= 15 is 0 Å². The molecule has 3 unspecified atom stereocenters. The van der Waals surface area contributed by atoms with Crippen molar-refractivity contribution in [3.63, 3.8) is 0 Å². The number of hydrogen-bond donors (Lipinski definition) is 2. The van der Waals surface area contributed by atoms with Crippen molar-refractivity contribution < 1.29 is 23.5 Å². The minimum Gasteiger partial charge on any atom is -0.469 e. The van der Waals surface area contributed by atoms with Crippen molar-refractivity contribution in [3.05, 3.63) is 77.0 Å². The van der Waals surface area contributed by atoms with Crippen LogP contribution in [0.5, 0.6) is 5.75 Å². The number of amides is 1. The van der Waals surface area contributed by atoms with Gasteiger partial charge in [-0.2, -0.15) is 0 Å². The lowest BCUT2D eigenvalue weighted by Gasteiger charge is -2.22. The lowest BCUT2D eigenvalue weighted by Crippen LogP contribution is -2.32. The van der Waals surface area contributed by atoms with Crippen molar-refractivity contribution in [2.45, 2.75) is 44.9 Å². The number of carbonyl (C=O) groups is 2. The first-order valence-electron chi connectivity index (χ1n) is 11.4. The van der Waals surface area contributed by atoms with Crippen molar-refractivity contribution in [3.8, 4) is 5.75 Å². The molecule has 4 bridgehead atoms. The number of aromatic nitrogens is 1. The quantitative estimate of drug-likeness (QED) is 0.562. The predicted molar refractivity (Wildman–Crippen MR) is 125 cm³/mol. The molecule has 0 spiro atoms. The summed E-state index contributed by atoms with van der Waals surface area (Å²) in [5.41, 5.74) is 2.84. The number of methoxy groups -OCH3 is 1. The fraction of sp³-hybridized carbons (Fsp3) is 0.346. The van der Waals surface area contributed by atoms with Crippen LogP contribution in [0.1, 0.15) is 65.5 Å². The Morgan fingerprint density at radius 2 is 1.97 bits per heavy atom. The maximum atomic E-state index is 12.8. The summed E-state index contributed by atoms with van der Waals surface area (Å²) in [5, 5.41) is 6.45. The van der Waals surface area contributed by atoms with Crippen LogP contribution in [0.3, 0.4) is 0 Å². The third-order valence-electron chi connectivity index (χ3n) is 6.27. The van der Waals surface area contributed by atoms with Crippen molar-refractivity contribution in [2.75, 3.05) is 12.4 Å². The van der Waals surface area contributed by atoms with Crippen LogP contribution < -0.4 is 15.4 Å². The predicted octanol–water partition coefficient (Wildman–Crippen LogP) is 4.18. The average Bonchev–Trinajstić information content (AvgIpc) is 3.41. The Hall–Kier alpha value is -3.81. The first-order chi connectivity index (χ1) is 16.4. The van der Waals surface area contributed by atoms with E-state index < -0.39 is 24.2 Å². The summed E-state index contributed by atoms with van der Waals surface area (Å²) in [6.07, 6.45) is 0.382. The Bertz CT molecular complexity index is 1220. The molecule has 2 aliphatic heterocycles. The van der Waals surface area contributed by atoms with Crippen LogP contribution in [-0.4, -0.2) is 30.2 Å². The number of nitrogens with zero attached hydrogens (tertiary/aromatic N) is 1. The second kappa shape index (κ2) is 8.85. The number of nitrogens with one attached hydrogen (secondary N) is 2. The number of aryl methyl sites for hydroxylation is 1. The standard InChI is InChI=1S/C26H27N3O5/c1-14(2)21-25-29-22(26(31)32-3)23(34-25)20-17-13-15(10-12-19(30)28-21)9-11-18(17)33-24(20)27-16-7-5-4-6-8-16/h4-9,11,13-14,20-21,24,27H,10,12H2,1-3H3,(H,28,30). The van der Waals surface area contributed by atoms with Crippen molar-refractivity contribution in [1.82, 2.24) is 10.3 Å². The second-order valence-electron chi connectivity index (χ2n) is 8.94. The van der Waals surface area contributed by atoms with E-state index in [0.29, 0.717) is 24.4 Å². The van der Waals surface area contributed by atoms with Gasteiger partial charge in [0.1, 0.15) is 17.7 Å². The summed E-state index contributed by atoms with van der Waals surface area (Å²) in [4.78, 5) is 30.0. The Kier molecular flexibility index (Phi) is 5.73. The zero-order valence-electron chi connectivity index (χ0n) is 19.3. The minimum absolute atomic E-state index is 0.00431. The van der Waals surface area contributed by atoms with E-state index in [2.05, 4.69) is 15.6 Å². The summed E-state index contributed by atoms with van der Waals surface area (Å²) in [6, 6.07) is 15.1. The summed E-state index contributed by atoms with van der Waals surface area (Å²) >= 11 is 0. The number of oxazole rings is 1. The highest BCUT2D eigenvalue weighted by atomic mass is 16.5. The summed E-state index contributed by atoms with van der Waals surface area (Å²) in [7, 11) is 1.31. The van der Waals surface area contributed by atoms with Gasteiger partial charge in [0.25, 0.3) is 0 Å². The molecule has 34 heavy (non-hydrogen) atoms. The van der Waals surface area contributed by atoms with Crippen LogP contribution in [0.25, 0.3) is 0 Å². The fourth-order valence-corrected chi connectivity index (χ4v) is 4.51. The zero-order chi connectivity index (χ0) is 23.8. The minimum atomic E-state index is -0.600. The van der Waals surface area contributed by atoms with Crippen LogP contribution in [0.15, 0.2) is 52.9 Å². The van der Waals surface area contributed by atoms with E-state index in [-0.39, 0.29) is 23.4 Å². The third-order valence-corrected chi connectivity index (χ3v) is 6.27. The van der Waals surface area contributed by atoms with Crippen LogP contribution in [-0.2, 0) is 16.0 Å². The number of fused-ring (bicyclic) bond motifs is 4. The molecule has 8 nitrogen and oxygen atoms in total. The highest BCUT2D eigenvalue weighted by molar-refractivity contribution is 5.89. The molecule has 0 saturated heterocycles. The molecular formula is C26H27N3O5. The van der Waals surface area contributed by atoms with Gasteiger partial charge >= 0.3 is 5.97 Å². The molecule has 1 amide bonds. The van der Waals surface area contributed by atoms with Crippen molar-refractivity contribution in [2.24, 2.45) is 5.92 Å². The number of para-hydroxylation sites is 1. The second-order valence-corrected chi connectivity index (χ2v) is 8.94. The number of carbonyl (C=O) groups excluding carboxylic acids is 2. The van der Waals surface area contributed by atoms with Gasteiger partial charge < -0.3 is 24.5 Å². The highest BCUT2D eigenvalue weighted by Gasteiger charge is 2.43. The molecule has 0 saturated carbocycles. The largest absolute Gasteiger partial charge is 0.469 e. The van der Waals surface area contributed by atoms with E-state index in [1.54, 1.807) is 0 Å². The average molecular weight is 462 g/mol. The number of rotatable bonds is 4. The molecule has 0 radical (unpaired) electrons. The van der Waals surface area contributed by atoms with Crippen molar-refractivity contribution >= 4 is 17.6 Å². The highest BCUT2D eigenvalue weighted by Crippen LogP contribution is 2.45. The fourth-order valence-electron chi connectivity index (χ4n) is 4.51. The van der Waals surface area contributed by atoms with E-state index in [9.17, 15) is 9.59 Å². The molecule has 8 heteroatoms. The van der Waals surface area contributed by atoms with Gasteiger partial charge in [-0.15, -0.1) is 0 Å². The van der Waals surface area contributed by atoms with E-state index in [4.69, 9.17) is 13.9 Å². The lowest BCUT2D eigenvalue weighted by atomic mass is 9.92. The molecule has 176 valence electrons. The third kappa shape index (κ3) is 4.00. The van der Waals surface area contributed by atoms with Gasteiger partial charge in [-0.05, 0) is 36.1 Å². The molecule has 5 rings (SSSR count). The van der Waals surface area contributed by atoms with Crippen LogP contribution in [0.2, 0.25) is 0 Å². The number of ether oxygens (including phenoxy) is 2. The number of anilines is 1. The number of hydrogen-bond acceptors (Lipinski definition) is 7. The molecule has 2 aromatic carbocycles. The zero-order valence-corrected chi connectivity index (χ0v) is 19.3. The molecule has 1 aromatic heterocycles. The molecule has 2 N–H and O–H groups in total. The summed E-state index contributed by atoms with van der Waals surface area (Å²) < 4.78 is 17.6. The summed E-state index contributed by atoms with van der Waals surface area (Å²) in [5.74, 6) is 0.169. The van der Waals surface area contributed by atoms with E-state index in [0.717, 1.165) is 16.8 Å². The van der Waals surface area contributed by atoms with Crippen LogP contribution >= 0.6 is 0 Å². The lowest BCUT2D eigenvalue weighted by molar-refractivity contribution is -0.122. The SMILES string of the molecule is COC(=O)c1nc2oc1C1c3cc(ccc3OC1Nc1ccccc1)CCC(=O)NC2C(C)C. The van der Waals surface area contributed by atoms with E-state index in [1.165, 1.54) is 7.11 Å². The molecule has 3 heterocycles. The maximum absolute atomic E-state index is 12.8. The maximum Gasteiger partial charge on any atom is 0.360 e. The first-order valence-corrected chi connectivity index (χ1v) is 11.4. The van der Waals surface area contributed by atoms with Gasteiger partial charge in [0.05, 0.1) is 7.11 Å². The number of benzene rings is 2. The molecule has 2 aliphatic rings. The first kappa shape index (κ1) is 22.0. The van der Waals surface area contributed by atoms with Crippen LogP contribution in [0, 0.1) is 5.92 Å². The molecule has 3 atom stereocenters. The molecule has 0 fully saturated rings. The smallest absolute Gasteiger partial charge is 0.360 e. The van der Waals surface area contributed by atoms with Gasteiger partial charge in [-0.3, -0.25) is 4.79 Å². The molecule has 3 aromatic rings. The van der Waals surface area contributed by atoms with E-state index in [1.807, 2.05) is 62.4 Å². The van der Waals surface area contributed by atoms with Gasteiger partial charge in [-0.25, -0.2) is 9.78 Å². The van der Waals surface area contributed by atoms with Crippen molar-refractivity contribution in [1.29, 1.82) is 0 Å². The molecular weight excluding hydrogens is 434 g/mol. The molecule has 0 aliphatic carbocycles. The Labute approximate surface area is 197 Å². The van der Waals surface area contributed by atoms with Gasteiger partial charge in [0.15, 0.2) is 17.7 Å². The van der Waals surface area contributed by atoms with Gasteiger partial charge in [0, 0.05) is 17.7 Å². The normalized spacial score (nSPS) is 21.2. The van der Waals surface area contributed by atoms with Gasteiger partial charge in [-0.1, -0.05) is 44.2 Å².